The van der Waals surface area contributed by atoms with E-state index in [1.165, 1.54) is 0 Å². The molecule has 1 amide bonds. The first kappa shape index (κ1) is 17.9. The standard InChI is InChI=1S/C17H23NO4/c1-3-10-22-11-6-9-16(19)18-15(12-17(20)21)14-8-5-4-7-13(14)2/h3-5,7-8,15H,1,6,9-12H2,2H3,(H,18,19)(H,20,21). The zero-order chi connectivity index (χ0) is 16.4. The average Bonchev–Trinajstić information content (AvgIpc) is 2.46. The number of benzene rings is 1. The van der Waals surface area contributed by atoms with Crippen molar-refractivity contribution in [3.63, 3.8) is 0 Å². The van der Waals surface area contributed by atoms with Crippen molar-refractivity contribution in [2.24, 2.45) is 0 Å². The van der Waals surface area contributed by atoms with E-state index in [-0.39, 0.29) is 12.3 Å². The molecule has 120 valence electrons. The number of aryl methyl sites for hydroxylation is 1. The molecule has 22 heavy (non-hydrogen) atoms. The number of hydrogen-bond donors (Lipinski definition) is 2. The fraction of sp³-hybridized carbons (Fsp3) is 0.412. The summed E-state index contributed by atoms with van der Waals surface area (Å²) in [4.78, 5) is 23.0. The van der Waals surface area contributed by atoms with E-state index in [4.69, 9.17) is 9.84 Å². The lowest BCUT2D eigenvalue weighted by Crippen LogP contribution is -2.30. The lowest BCUT2D eigenvalue weighted by Gasteiger charge is -2.19. The minimum absolute atomic E-state index is 0.135. The smallest absolute Gasteiger partial charge is 0.305 e. The van der Waals surface area contributed by atoms with Crippen LogP contribution in [0.15, 0.2) is 36.9 Å². The molecular weight excluding hydrogens is 282 g/mol. The molecular formula is C17H23NO4. The summed E-state index contributed by atoms with van der Waals surface area (Å²) in [5.41, 5.74) is 1.80. The van der Waals surface area contributed by atoms with Gasteiger partial charge in [0.2, 0.25) is 5.91 Å². The first-order valence-corrected chi connectivity index (χ1v) is 7.30. The van der Waals surface area contributed by atoms with Gasteiger partial charge in [0.05, 0.1) is 19.1 Å². The van der Waals surface area contributed by atoms with Crippen LogP contribution in [0.2, 0.25) is 0 Å². The van der Waals surface area contributed by atoms with Crippen molar-refractivity contribution in [2.45, 2.75) is 32.2 Å². The Bertz CT molecular complexity index is 513. The Labute approximate surface area is 131 Å². The highest BCUT2D eigenvalue weighted by atomic mass is 16.5. The number of carbonyl (C=O) groups excluding carboxylic acids is 1. The van der Waals surface area contributed by atoms with Crippen molar-refractivity contribution in [1.29, 1.82) is 0 Å². The Morgan fingerprint density at radius 3 is 2.77 bits per heavy atom. The zero-order valence-corrected chi connectivity index (χ0v) is 12.9. The highest BCUT2D eigenvalue weighted by molar-refractivity contribution is 5.77. The minimum atomic E-state index is -0.942. The molecule has 0 aromatic heterocycles. The largest absolute Gasteiger partial charge is 0.481 e. The lowest BCUT2D eigenvalue weighted by molar-refractivity contribution is -0.137. The van der Waals surface area contributed by atoms with Gasteiger partial charge < -0.3 is 15.2 Å². The molecule has 0 radical (unpaired) electrons. The second-order valence-electron chi connectivity index (χ2n) is 5.04. The van der Waals surface area contributed by atoms with Gasteiger partial charge in [-0.2, -0.15) is 0 Å². The summed E-state index contributed by atoms with van der Waals surface area (Å²) >= 11 is 0. The van der Waals surface area contributed by atoms with Gasteiger partial charge in [0.25, 0.3) is 0 Å². The molecule has 5 heteroatoms. The molecule has 5 nitrogen and oxygen atoms in total. The van der Waals surface area contributed by atoms with Gasteiger partial charge in [0.1, 0.15) is 0 Å². The summed E-state index contributed by atoms with van der Waals surface area (Å²) in [6.45, 7) is 6.39. The molecule has 1 aromatic carbocycles. The van der Waals surface area contributed by atoms with Crippen LogP contribution in [0.5, 0.6) is 0 Å². The predicted octanol–water partition coefficient (Wildman–Crippen LogP) is 2.61. The summed E-state index contributed by atoms with van der Waals surface area (Å²) < 4.78 is 5.21. The van der Waals surface area contributed by atoms with Crippen LogP contribution in [-0.2, 0) is 14.3 Å². The Morgan fingerprint density at radius 1 is 1.41 bits per heavy atom. The van der Waals surface area contributed by atoms with Crippen LogP contribution >= 0.6 is 0 Å². The van der Waals surface area contributed by atoms with E-state index in [9.17, 15) is 9.59 Å². The molecule has 0 bridgehead atoms. The Morgan fingerprint density at radius 2 is 2.14 bits per heavy atom. The SMILES string of the molecule is C=CCOCCCC(=O)NC(CC(=O)O)c1ccccc1C. The van der Waals surface area contributed by atoms with Crippen LogP contribution in [0.3, 0.4) is 0 Å². The van der Waals surface area contributed by atoms with Crippen LogP contribution in [-0.4, -0.2) is 30.2 Å². The van der Waals surface area contributed by atoms with Gasteiger partial charge in [0.15, 0.2) is 0 Å². The van der Waals surface area contributed by atoms with E-state index in [1.807, 2.05) is 31.2 Å². The molecule has 0 aliphatic heterocycles. The Kier molecular flexibility index (Phi) is 7.92. The Balaban J connectivity index is 2.58. The van der Waals surface area contributed by atoms with E-state index in [2.05, 4.69) is 11.9 Å². The number of carboxylic acids is 1. The van der Waals surface area contributed by atoms with Crippen molar-refractivity contribution >= 4 is 11.9 Å². The summed E-state index contributed by atoms with van der Waals surface area (Å²) in [6, 6.07) is 6.96. The highest BCUT2D eigenvalue weighted by Crippen LogP contribution is 2.20. The molecule has 1 unspecified atom stereocenters. The number of aliphatic carboxylic acids is 1. The van der Waals surface area contributed by atoms with Gasteiger partial charge in [0, 0.05) is 13.0 Å². The van der Waals surface area contributed by atoms with Crippen molar-refractivity contribution in [3.05, 3.63) is 48.0 Å². The zero-order valence-electron chi connectivity index (χ0n) is 12.9. The topological polar surface area (TPSA) is 75.6 Å². The third-order valence-corrected chi connectivity index (χ3v) is 3.21. The van der Waals surface area contributed by atoms with E-state index in [0.29, 0.717) is 26.1 Å². The van der Waals surface area contributed by atoms with Gasteiger partial charge in [-0.25, -0.2) is 0 Å². The molecule has 1 atom stereocenters. The number of carbonyl (C=O) groups is 2. The number of amides is 1. The molecule has 0 aliphatic rings. The monoisotopic (exact) mass is 305 g/mol. The third kappa shape index (κ3) is 6.54. The summed E-state index contributed by atoms with van der Waals surface area (Å²) in [5, 5.41) is 11.8. The molecule has 0 heterocycles. The molecule has 0 saturated heterocycles. The van der Waals surface area contributed by atoms with E-state index >= 15 is 0 Å². The van der Waals surface area contributed by atoms with Crippen LogP contribution in [0, 0.1) is 6.92 Å². The first-order chi connectivity index (χ1) is 10.5. The summed E-state index contributed by atoms with van der Waals surface area (Å²) in [7, 11) is 0. The van der Waals surface area contributed by atoms with Crippen molar-refractivity contribution in [1.82, 2.24) is 5.32 Å². The molecule has 1 rings (SSSR count). The average molecular weight is 305 g/mol. The maximum absolute atomic E-state index is 12.0. The van der Waals surface area contributed by atoms with Crippen molar-refractivity contribution in [3.8, 4) is 0 Å². The minimum Gasteiger partial charge on any atom is -0.481 e. The van der Waals surface area contributed by atoms with Gasteiger partial charge in [-0.05, 0) is 24.5 Å². The maximum atomic E-state index is 12.0. The second-order valence-corrected chi connectivity index (χ2v) is 5.04. The van der Waals surface area contributed by atoms with Crippen molar-refractivity contribution in [2.75, 3.05) is 13.2 Å². The number of ether oxygens (including phenoxy) is 1. The number of carboxylic acid groups (broad SMARTS) is 1. The van der Waals surface area contributed by atoms with Gasteiger partial charge in [-0.1, -0.05) is 30.3 Å². The van der Waals surface area contributed by atoms with Crippen LogP contribution in [0.4, 0.5) is 0 Å². The number of rotatable bonds is 10. The number of hydrogen-bond acceptors (Lipinski definition) is 3. The molecule has 0 saturated carbocycles. The first-order valence-electron chi connectivity index (χ1n) is 7.30. The van der Waals surface area contributed by atoms with Crippen LogP contribution in [0.25, 0.3) is 0 Å². The van der Waals surface area contributed by atoms with Crippen LogP contribution in [0.1, 0.15) is 36.4 Å². The summed E-state index contributed by atoms with van der Waals surface area (Å²) in [5.74, 6) is -1.11. The predicted molar refractivity (Wildman–Crippen MR) is 84.6 cm³/mol. The van der Waals surface area contributed by atoms with E-state index in [0.717, 1.165) is 11.1 Å². The maximum Gasteiger partial charge on any atom is 0.305 e. The van der Waals surface area contributed by atoms with Crippen LogP contribution < -0.4 is 5.32 Å². The second kappa shape index (κ2) is 9.73. The fourth-order valence-electron chi connectivity index (χ4n) is 2.16. The van der Waals surface area contributed by atoms with Gasteiger partial charge in [-0.3, -0.25) is 9.59 Å². The van der Waals surface area contributed by atoms with Crippen molar-refractivity contribution < 1.29 is 19.4 Å². The molecule has 1 aromatic rings. The van der Waals surface area contributed by atoms with E-state index in [1.54, 1.807) is 6.08 Å². The summed E-state index contributed by atoms with van der Waals surface area (Å²) in [6.07, 6.45) is 2.41. The normalized spacial score (nSPS) is 11.7. The molecule has 0 spiro atoms. The Hall–Kier alpha value is -2.14. The van der Waals surface area contributed by atoms with Gasteiger partial charge in [-0.15, -0.1) is 6.58 Å². The third-order valence-electron chi connectivity index (χ3n) is 3.21. The number of nitrogens with one attached hydrogen (secondary N) is 1. The molecule has 0 aliphatic carbocycles. The highest BCUT2D eigenvalue weighted by Gasteiger charge is 2.19. The lowest BCUT2D eigenvalue weighted by atomic mass is 9.98. The molecule has 2 N–H and O–H groups in total. The molecule has 0 fully saturated rings. The quantitative estimate of drug-likeness (QED) is 0.514. The van der Waals surface area contributed by atoms with Gasteiger partial charge >= 0.3 is 5.97 Å². The van der Waals surface area contributed by atoms with E-state index < -0.39 is 12.0 Å². The fourth-order valence-corrected chi connectivity index (χ4v) is 2.16.